The second kappa shape index (κ2) is 6.04. The Morgan fingerprint density at radius 3 is 2.91 bits per heavy atom. The summed E-state index contributed by atoms with van der Waals surface area (Å²) in [4.78, 5) is 16.7. The first-order valence-corrected chi connectivity index (χ1v) is 8.62. The fraction of sp³-hybridized carbons (Fsp3) is 0.611. The standard InChI is InChI=1S/C18H24N2O3/c1-19(13-7-8-13)17(21)12-20-9-3-5-15(20)14-4-2-6-16-18(14)23-11-10-22-16/h2,4,6,13,15H,3,5,7-12H2,1H3/t15-/m0/s1. The van der Waals surface area contributed by atoms with Gasteiger partial charge in [-0.1, -0.05) is 12.1 Å². The van der Waals surface area contributed by atoms with Crippen molar-refractivity contribution >= 4 is 5.91 Å². The Morgan fingerprint density at radius 2 is 2.09 bits per heavy atom. The fourth-order valence-corrected chi connectivity index (χ4v) is 3.68. The molecule has 4 rings (SSSR count). The zero-order valence-electron chi connectivity index (χ0n) is 13.7. The van der Waals surface area contributed by atoms with E-state index in [0.29, 0.717) is 25.8 Å². The Labute approximate surface area is 137 Å². The zero-order valence-corrected chi connectivity index (χ0v) is 13.7. The van der Waals surface area contributed by atoms with Crippen LogP contribution in [0.2, 0.25) is 0 Å². The number of likely N-dealkylation sites (N-methyl/N-ethyl adjacent to an activating group) is 1. The molecule has 1 aromatic carbocycles. The maximum atomic E-state index is 12.5. The number of hydrogen-bond acceptors (Lipinski definition) is 4. The molecule has 0 unspecified atom stereocenters. The van der Waals surface area contributed by atoms with E-state index in [4.69, 9.17) is 9.47 Å². The van der Waals surface area contributed by atoms with Gasteiger partial charge in [0.25, 0.3) is 0 Å². The molecule has 3 aliphatic rings. The third-order valence-electron chi connectivity index (χ3n) is 5.15. The normalized spacial score (nSPS) is 23.8. The van der Waals surface area contributed by atoms with Crippen molar-refractivity contribution < 1.29 is 14.3 Å². The van der Waals surface area contributed by atoms with Gasteiger partial charge in [-0.2, -0.15) is 0 Å². The molecule has 23 heavy (non-hydrogen) atoms. The molecule has 2 fully saturated rings. The summed E-state index contributed by atoms with van der Waals surface area (Å²) in [6, 6.07) is 6.83. The van der Waals surface area contributed by atoms with Crippen LogP contribution in [0.25, 0.3) is 0 Å². The number of amides is 1. The molecule has 1 saturated heterocycles. The molecule has 0 aromatic heterocycles. The van der Waals surface area contributed by atoms with Crippen molar-refractivity contribution in [2.45, 2.75) is 37.8 Å². The van der Waals surface area contributed by atoms with Crippen LogP contribution < -0.4 is 9.47 Å². The fourth-order valence-electron chi connectivity index (χ4n) is 3.68. The van der Waals surface area contributed by atoms with Gasteiger partial charge in [-0.05, 0) is 38.3 Å². The average Bonchev–Trinajstić information content (AvgIpc) is 3.33. The van der Waals surface area contributed by atoms with E-state index in [2.05, 4.69) is 11.0 Å². The number of benzene rings is 1. The molecule has 0 spiro atoms. The van der Waals surface area contributed by atoms with Gasteiger partial charge in [-0.25, -0.2) is 0 Å². The molecule has 1 amide bonds. The third kappa shape index (κ3) is 2.90. The summed E-state index contributed by atoms with van der Waals surface area (Å²) in [5, 5.41) is 0. The van der Waals surface area contributed by atoms with Crippen LogP contribution in [0.3, 0.4) is 0 Å². The summed E-state index contributed by atoms with van der Waals surface area (Å²) in [5.74, 6) is 1.95. The third-order valence-corrected chi connectivity index (χ3v) is 5.15. The first kappa shape index (κ1) is 14.8. The molecule has 1 saturated carbocycles. The van der Waals surface area contributed by atoms with E-state index in [1.807, 2.05) is 24.1 Å². The van der Waals surface area contributed by atoms with E-state index in [1.54, 1.807) is 0 Å². The Balaban J connectivity index is 1.52. The van der Waals surface area contributed by atoms with E-state index >= 15 is 0 Å². The SMILES string of the molecule is CN(C(=O)CN1CCC[C@H]1c1cccc2c1OCCO2)C1CC1. The van der Waals surface area contributed by atoms with Gasteiger partial charge in [0, 0.05) is 24.7 Å². The van der Waals surface area contributed by atoms with Crippen LogP contribution in [-0.2, 0) is 4.79 Å². The summed E-state index contributed by atoms with van der Waals surface area (Å²) in [6.45, 7) is 2.68. The molecule has 5 heteroatoms. The molecule has 1 atom stereocenters. The number of hydrogen-bond donors (Lipinski definition) is 0. The van der Waals surface area contributed by atoms with Crippen molar-refractivity contribution in [3.63, 3.8) is 0 Å². The van der Waals surface area contributed by atoms with Gasteiger partial charge in [-0.3, -0.25) is 9.69 Å². The number of fused-ring (bicyclic) bond motifs is 1. The van der Waals surface area contributed by atoms with Gasteiger partial charge >= 0.3 is 0 Å². The summed E-state index contributed by atoms with van der Waals surface area (Å²) in [6.07, 6.45) is 4.50. The highest BCUT2D eigenvalue weighted by molar-refractivity contribution is 5.78. The molecule has 5 nitrogen and oxygen atoms in total. The number of ether oxygens (including phenoxy) is 2. The first-order valence-electron chi connectivity index (χ1n) is 8.62. The molecule has 1 aromatic rings. The van der Waals surface area contributed by atoms with Crippen molar-refractivity contribution in [1.82, 2.24) is 9.80 Å². The lowest BCUT2D eigenvalue weighted by Crippen LogP contribution is -2.39. The number of rotatable bonds is 4. The van der Waals surface area contributed by atoms with Crippen molar-refractivity contribution in [3.8, 4) is 11.5 Å². The topological polar surface area (TPSA) is 42.0 Å². The van der Waals surface area contributed by atoms with Crippen LogP contribution >= 0.6 is 0 Å². The molecular weight excluding hydrogens is 292 g/mol. The monoisotopic (exact) mass is 316 g/mol. The van der Waals surface area contributed by atoms with E-state index in [1.165, 1.54) is 5.56 Å². The number of carbonyl (C=O) groups excluding carboxylic acids is 1. The predicted molar refractivity (Wildman–Crippen MR) is 86.8 cm³/mol. The minimum absolute atomic E-state index is 0.237. The number of nitrogens with zero attached hydrogens (tertiary/aromatic N) is 2. The van der Waals surface area contributed by atoms with Gasteiger partial charge < -0.3 is 14.4 Å². The Kier molecular flexibility index (Phi) is 3.89. The van der Waals surface area contributed by atoms with Gasteiger partial charge in [0.2, 0.25) is 5.91 Å². The van der Waals surface area contributed by atoms with Crippen molar-refractivity contribution in [2.75, 3.05) is 33.4 Å². The quantitative estimate of drug-likeness (QED) is 0.854. The van der Waals surface area contributed by atoms with Crippen LogP contribution in [0.1, 0.15) is 37.3 Å². The van der Waals surface area contributed by atoms with Crippen molar-refractivity contribution in [3.05, 3.63) is 23.8 Å². The number of para-hydroxylation sites is 1. The van der Waals surface area contributed by atoms with E-state index in [-0.39, 0.29) is 11.9 Å². The van der Waals surface area contributed by atoms with Crippen LogP contribution in [0.5, 0.6) is 11.5 Å². The van der Waals surface area contributed by atoms with E-state index in [9.17, 15) is 4.79 Å². The lowest BCUT2D eigenvalue weighted by atomic mass is 10.0. The Hall–Kier alpha value is -1.75. The van der Waals surface area contributed by atoms with Crippen LogP contribution in [0, 0.1) is 0 Å². The van der Waals surface area contributed by atoms with Crippen molar-refractivity contribution in [1.29, 1.82) is 0 Å². The summed E-state index contributed by atoms with van der Waals surface area (Å²) < 4.78 is 11.6. The van der Waals surface area contributed by atoms with Crippen LogP contribution in [0.15, 0.2) is 18.2 Å². The van der Waals surface area contributed by atoms with E-state index < -0.39 is 0 Å². The minimum Gasteiger partial charge on any atom is -0.486 e. The summed E-state index contributed by atoms with van der Waals surface area (Å²) >= 11 is 0. The molecule has 2 heterocycles. The predicted octanol–water partition coefficient (Wildman–Crippen LogP) is 2.22. The second-order valence-corrected chi connectivity index (χ2v) is 6.74. The lowest BCUT2D eigenvalue weighted by Gasteiger charge is -2.29. The zero-order chi connectivity index (χ0) is 15.8. The van der Waals surface area contributed by atoms with Gasteiger partial charge in [0.05, 0.1) is 6.54 Å². The summed E-state index contributed by atoms with van der Waals surface area (Å²) in [7, 11) is 1.94. The molecule has 0 N–H and O–H groups in total. The Morgan fingerprint density at radius 1 is 1.26 bits per heavy atom. The highest BCUT2D eigenvalue weighted by Crippen LogP contribution is 2.42. The second-order valence-electron chi connectivity index (χ2n) is 6.74. The van der Waals surface area contributed by atoms with Gasteiger partial charge in [0.1, 0.15) is 13.2 Å². The lowest BCUT2D eigenvalue weighted by molar-refractivity contribution is -0.131. The molecule has 124 valence electrons. The molecule has 0 bridgehead atoms. The average molecular weight is 316 g/mol. The maximum Gasteiger partial charge on any atom is 0.236 e. The van der Waals surface area contributed by atoms with Crippen LogP contribution in [-0.4, -0.2) is 55.1 Å². The smallest absolute Gasteiger partial charge is 0.236 e. The number of carbonyl (C=O) groups is 1. The van der Waals surface area contributed by atoms with Gasteiger partial charge in [-0.15, -0.1) is 0 Å². The van der Waals surface area contributed by atoms with Crippen LogP contribution in [0.4, 0.5) is 0 Å². The molecule has 1 aliphatic carbocycles. The Bertz CT molecular complexity index is 600. The molecular formula is C18H24N2O3. The largest absolute Gasteiger partial charge is 0.486 e. The maximum absolute atomic E-state index is 12.5. The minimum atomic E-state index is 0.237. The molecule has 2 aliphatic heterocycles. The van der Waals surface area contributed by atoms with Gasteiger partial charge in [0.15, 0.2) is 11.5 Å². The highest BCUT2D eigenvalue weighted by Gasteiger charge is 2.34. The highest BCUT2D eigenvalue weighted by atomic mass is 16.6. The first-order chi connectivity index (χ1) is 11.2. The molecule has 0 radical (unpaired) electrons. The summed E-state index contributed by atoms with van der Waals surface area (Å²) in [5.41, 5.74) is 1.17. The number of likely N-dealkylation sites (tertiary alicyclic amines) is 1. The van der Waals surface area contributed by atoms with Crippen molar-refractivity contribution in [2.24, 2.45) is 0 Å². The van der Waals surface area contributed by atoms with E-state index in [0.717, 1.165) is 43.7 Å².